The summed E-state index contributed by atoms with van der Waals surface area (Å²) in [5.41, 5.74) is 4.64. The molecule has 0 atom stereocenters. The van der Waals surface area contributed by atoms with Crippen LogP contribution in [0.25, 0.3) is 0 Å². The highest BCUT2D eigenvalue weighted by Crippen LogP contribution is 2.28. The zero-order valence-electron chi connectivity index (χ0n) is 10.5. The van der Waals surface area contributed by atoms with Crippen molar-refractivity contribution >= 4 is 0 Å². The predicted octanol–water partition coefficient (Wildman–Crippen LogP) is 3.36. The van der Waals surface area contributed by atoms with E-state index in [0.29, 0.717) is 0 Å². The summed E-state index contributed by atoms with van der Waals surface area (Å²) in [6.45, 7) is 8.39. The number of aromatic nitrogens is 1. The number of rotatable bonds is 4. The molecule has 0 aromatic carbocycles. The largest absolute Gasteiger partial charge is 0.496 e. The van der Waals surface area contributed by atoms with Gasteiger partial charge in [-0.15, -0.1) is 0 Å². The number of nitrogens with zero attached hydrogens (tertiary/aromatic N) is 1. The molecular formula is C13H21NO. The van der Waals surface area contributed by atoms with Gasteiger partial charge in [-0.3, -0.25) is 4.98 Å². The number of methoxy groups -OCH3 is 1. The van der Waals surface area contributed by atoms with E-state index in [0.717, 1.165) is 23.6 Å². The van der Waals surface area contributed by atoms with E-state index in [-0.39, 0.29) is 0 Å². The van der Waals surface area contributed by atoms with E-state index in [1.54, 1.807) is 7.11 Å². The molecule has 0 fully saturated rings. The summed E-state index contributed by atoms with van der Waals surface area (Å²) in [6.07, 6.45) is 3.47. The average Bonchev–Trinajstić information content (AvgIpc) is 2.21. The number of hydrogen-bond donors (Lipinski definition) is 0. The van der Waals surface area contributed by atoms with Gasteiger partial charge in [0.05, 0.1) is 7.11 Å². The summed E-state index contributed by atoms with van der Waals surface area (Å²) in [6, 6.07) is 0. The van der Waals surface area contributed by atoms with Gasteiger partial charge >= 0.3 is 0 Å². The molecule has 2 nitrogen and oxygen atoms in total. The van der Waals surface area contributed by atoms with Crippen LogP contribution in [0, 0.1) is 20.8 Å². The maximum atomic E-state index is 5.49. The lowest BCUT2D eigenvalue weighted by atomic mass is 10.0. The Labute approximate surface area is 92.7 Å². The van der Waals surface area contributed by atoms with Crippen molar-refractivity contribution in [1.82, 2.24) is 4.98 Å². The topological polar surface area (TPSA) is 22.1 Å². The molecule has 1 heterocycles. The van der Waals surface area contributed by atoms with Gasteiger partial charge in [-0.05, 0) is 33.6 Å². The van der Waals surface area contributed by atoms with Gasteiger partial charge in [0.1, 0.15) is 5.75 Å². The van der Waals surface area contributed by atoms with E-state index in [4.69, 9.17) is 4.74 Å². The first-order chi connectivity index (χ1) is 7.11. The Bertz CT molecular complexity index is 345. The van der Waals surface area contributed by atoms with Crippen LogP contribution in [-0.2, 0) is 6.42 Å². The van der Waals surface area contributed by atoms with Gasteiger partial charge in [0.2, 0.25) is 0 Å². The third kappa shape index (κ3) is 2.49. The molecule has 1 aromatic rings. The smallest absolute Gasteiger partial charge is 0.128 e. The zero-order valence-corrected chi connectivity index (χ0v) is 10.5. The van der Waals surface area contributed by atoms with Gasteiger partial charge in [0, 0.05) is 22.5 Å². The summed E-state index contributed by atoms with van der Waals surface area (Å²) < 4.78 is 5.49. The van der Waals surface area contributed by atoms with E-state index in [2.05, 4.69) is 25.8 Å². The Morgan fingerprint density at radius 1 is 1.13 bits per heavy atom. The fourth-order valence-electron chi connectivity index (χ4n) is 1.88. The van der Waals surface area contributed by atoms with E-state index in [1.165, 1.54) is 24.0 Å². The second kappa shape index (κ2) is 5.15. The molecule has 2 heteroatoms. The molecule has 0 radical (unpaired) electrons. The number of ether oxygens (including phenoxy) is 1. The van der Waals surface area contributed by atoms with Crippen LogP contribution in [0.3, 0.4) is 0 Å². The zero-order chi connectivity index (χ0) is 11.4. The van der Waals surface area contributed by atoms with E-state index in [9.17, 15) is 0 Å². The fourth-order valence-corrected chi connectivity index (χ4v) is 1.88. The monoisotopic (exact) mass is 207 g/mol. The summed E-state index contributed by atoms with van der Waals surface area (Å²) >= 11 is 0. The predicted molar refractivity (Wildman–Crippen MR) is 63.6 cm³/mol. The van der Waals surface area contributed by atoms with Gasteiger partial charge in [-0.25, -0.2) is 0 Å². The average molecular weight is 207 g/mol. The SMILES string of the molecule is CCCCc1c(C)nc(C)c(C)c1OC. The Hall–Kier alpha value is -1.05. The molecule has 84 valence electrons. The van der Waals surface area contributed by atoms with Crippen LogP contribution in [0.5, 0.6) is 5.75 Å². The van der Waals surface area contributed by atoms with Gasteiger partial charge in [0.25, 0.3) is 0 Å². The maximum absolute atomic E-state index is 5.49. The highest BCUT2D eigenvalue weighted by atomic mass is 16.5. The lowest BCUT2D eigenvalue weighted by Gasteiger charge is -2.15. The molecule has 1 aromatic heterocycles. The Morgan fingerprint density at radius 2 is 1.80 bits per heavy atom. The molecule has 0 saturated heterocycles. The van der Waals surface area contributed by atoms with E-state index in [1.807, 2.05) is 6.92 Å². The maximum Gasteiger partial charge on any atom is 0.128 e. The van der Waals surface area contributed by atoms with Gasteiger partial charge in [-0.1, -0.05) is 13.3 Å². The summed E-state index contributed by atoms with van der Waals surface area (Å²) in [5, 5.41) is 0. The molecule has 15 heavy (non-hydrogen) atoms. The van der Waals surface area contributed by atoms with Crippen molar-refractivity contribution in [2.75, 3.05) is 7.11 Å². The van der Waals surface area contributed by atoms with Crippen molar-refractivity contribution in [3.8, 4) is 5.75 Å². The van der Waals surface area contributed by atoms with Crippen LogP contribution in [-0.4, -0.2) is 12.1 Å². The molecule has 0 unspecified atom stereocenters. The Balaban J connectivity index is 3.16. The van der Waals surface area contributed by atoms with E-state index < -0.39 is 0 Å². The number of unbranched alkanes of at least 4 members (excludes halogenated alkanes) is 1. The quantitative estimate of drug-likeness (QED) is 0.755. The second-order valence-electron chi connectivity index (χ2n) is 4.02. The molecule has 0 aliphatic carbocycles. The lowest BCUT2D eigenvalue weighted by Crippen LogP contribution is -2.03. The van der Waals surface area contributed by atoms with Crippen LogP contribution in [0.1, 0.15) is 42.3 Å². The lowest BCUT2D eigenvalue weighted by molar-refractivity contribution is 0.403. The minimum atomic E-state index is 1.04. The van der Waals surface area contributed by atoms with Crippen LogP contribution in [0.2, 0.25) is 0 Å². The highest BCUT2D eigenvalue weighted by molar-refractivity contribution is 5.45. The Kier molecular flexibility index (Phi) is 4.13. The van der Waals surface area contributed by atoms with Crippen LogP contribution < -0.4 is 4.74 Å². The number of aryl methyl sites for hydroxylation is 2. The molecule has 0 bridgehead atoms. The van der Waals surface area contributed by atoms with Crippen molar-refractivity contribution in [2.24, 2.45) is 0 Å². The van der Waals surface area contributed by atoms with Crippen LogP contribution in [0.15, 0.2) is 0 Å². The first-order valence-electron chi connectivity index (χ1n) is 5.62. The molecule has 0 N–H and O–H groups in total. The molecule has 0 aliphatic heterocycles. The van der Waals surface area contributed by atoms with Crippen molar-refractivity contribution < 1.29 is 4.74 Å². The minimum Gasteiger partial charge on any atom is -0.496 e. The minimum absolute atomic E-state index is 1.04. The standard InChI is InChI=1S/C13H21NO/c1-6-7-8-12-11(4)14-10(3)9(2)13(12)15-5/h6-8H2,1-5H3. The molecule has 0 aliphatic rings. The second-order valence-corrected chi connectivity index (χ2v) is 4.02. The summed E-state index contributed by atoms with van der Waals surface area (Å²) in [7, 11) is 1.75. The molecule has 0 amide bonds. The van der Waals surface area contributed by atoms with Crippen molar-refractivity contribution in [3.05, 3.63) is 22.5 Å². The molecular weight excluding hydrogens is 186 g/mol. The van der Waals surface area contributed by atoms with Crippen molar-refractivity contribution in [2.45, 2.75) is 47.0 Å². The Morgan fingerprint density at radius 3 is 2.33 bits per heavy atom. The third-order valence-corrected chi connectivity index (χ3v) is 2.91. The van der Waals surface area contributed by atoms with Gasteiger partial charge in [0.15, 0.2) is 0 Å². The third-order valence-electron chi connectivity index (χ3n) is 2.91. The number of hydrogen-bond acceptors (Lipinski definition) is 2. The first kappa shape index (κ1) is 12.0. The van der Waals surface area contributed by atoms with Crippen LogP contribution in [0.4, 0.5) is 0 Å². The van der Waals surface area contributed by atoms with Crippen molar-refractivity contribution in [1.29, 1.82) is 0 Å². The first-order valence-corrected chi connectivity index (χ1v) is 5.62. The molecule has 0 spiro atoms. The molecule has 0 saturated carbocycles. The van der Waals surface area contributed by atoms with Crippen LogP contribution >= 0.6 is 0 Å². The fraction of sp³-hybridized carbons (Fsp3) is 0.615. The highest BCUT2D eigenvalue weighted by Gasteiger charge is 2.12. The number of pyridine rings is 1. The summed E-state index contributed by atoms with van der Waals surface area (Å²) in [5.74, 6) is 1.04. The normalized spacial score (nSPS) is 10.5. The summed E-state index contributed by atoms with van der Waals surface area (Å²) in [4.78, 5) is 4.55. The van der Waals surface area contributed by atoms with Crippen molar-refractivity contribution in [3.63, 3.8) is 0 Å². The van der Waals surface area contributed by atoms with E-state index >= 15 is 0 Å². The van der Waals surface area contributed by atoms with Gasteiger partial charge < -0.3 is 4.74 Å². The molecule has 1 rings (SSSR count). The van der Waals surface area contributed by atoms with Gasteiger partial charge in [-0.2, -0.15) is 0 Å².